The van der Waals surface area contributed by atoms with Gasteiger partial charge in [-0.3, -0.25) is 9.69 Å². The fourth-order valence-electron chi connectivity index (χ4n) is 4.19. The third kappa shape index (κ3) is 3.49. The van der Waals surface area contributed by atoms with E-state index in [1.807, 2.05) is 35.2 Å². The van der Waals surface area contributed by atoms with Gasteiger partial charge in [0.05, 0.1) is 5.02 Å². The van der Waals surface area contributed by atoms with E-state index in [9.17, 15) is 9.18 Å². The molecule has 2 aromatic carbocycles. The van der Waals surface area contributed by atoms with Crippen molar-refractivity contribution in [2.45, 2.75) is 25.4 Å². The van der Waals surface area contributed by atoms with Crippen molar-refractivity contribution in [1.29, 1.82) is 0 Å². The number of benzene rings is 2. The van der Waals surface area contributed by atoms with Crippen molar-refractivity contribution in [3.63, 3.8) is 0 Å². The summed E-state index contributed by atoms with van der Waals surface area (Å²) in [5, 5.41) is 0.170. The minimum Gasteiger partial charge on any atom is -0.337 e. The van der Waals surface area contributed by atoms with E-state index in [0.717, 1.165) is 31.5 Å². The fraction of sp³-hybridized carbons (Fsp3) is 0.381. The molecule has 2 aromatic rings. The predicted molar refractivity (Wildman–Crippen MR) is 101 cm³/mol. The Balaban J connectivity index is 1.51. The van der Waals surface area contributed by atoms with E-state index in [2.05, 4.69) is 4.90 Å². The monoisotopic (exact) mass is 372 g/mol. The molecule has 3 fully saturated rings. The third-order valence-electron chi connectivity index (χ3n) is 5.54. The molecule has 5 heteroatoms. The fourth-order valence-corrected chi connectivity index (χ4v) is 4.39. The number of carbonyl (C=O) groups excluding carboxylic acids is 1. The Labute approximate surface area is 158 Å². The Bertz CT molecular complexity index is 798. The van der Waals surface area contributed by atoms with E-state index >= 15 is 0 Å². The average Bonchev–Trinajstić information content (AvgIpc) is 2.97. The molecule has 3 saturated heterocycles. The van der Waals surface area contributed by atoms with Gasteiger partial charge in [-0.05, 0) is 37.0 Å². The molecule has 0 spiro atoms. The molecule has 136 valence electrons. The van der Waals surface area contributed by atoms with E-state index in [-0.39, 0.29) is 22.8 Å². The minimum atomic E-state index is -0.327. The first-order valence-electron chi connectivity index (χ1n) is 9.13. The Morgan fingerprint density at radius 3 is 2.65 bits per heavy atom. The van der Waals surface area contributed by atoms with Crippen LogP contribution in [-0.4, -0.2) is 41.4 Å². The van der Waals surface area contributed by atoms with Crippen LogP contribution >= 0.6 is 11.6 Å². The van der Waals surface area contributed by atoms with Crippen LogP contribution in [0.3, 0.4) is 0 Å². The summed E-state index contributed by atoms with van der Waals surface area (Å²) in [5.74, 6) is 0.202. The molecule has 0 saturated carbocycles. The summed E-state index contributed by atoms with van der Waals surface area (Å²) in [7, 11) is 0. The summed E-state index contributed by atoms with van der Waals surface area (Å²) in [6, 6.07) is 14.9. The van der Waals surface area contributed by atoms with E-state index in [0.29, 0.717) is 24.6 Å². The van der Waals surface area contributed by atoms with Crippen molar-refractivity contribution in [2.75, 3.05) is 19.6 Å². The van der Waals surface area contributed by atoms with Crippen LogP contribution in [0.25, 0.3) is 0 Å². The molecular formula is C21H22ClFN2O. The highest BCUT2D eigenvalue weighted by Crippen LogP contribution is 2.31. The zero-order valence-electron chi connectivity index (χ0n) is 14.6. The van der Waals surface area contributed by atoms with Crippen molar-refractivity contribution in [3.05, 3.63) is 70.5 Å². The van der Waals surface area contributed by atoms with Gasteiger partial charge in [-0.2, -0.15) is 0 Å². The van der Waals surface area contributed by atoms with Crippen molar-refractivity contribution in [1.82, 2.24) is 9.80 Å². The maximum Gasteiger partial charge on any atom is 0.253 e. The van der Waals surface area contributed by atoms with Crippen molar-refractivity contribution >= 4 is 17.5 Å². The minimum absolute atomic E-state index is 0.0956. The average molecular weight is 373 g/mol. The number of hydrogen-bond acceptors (Lipinski definition) is 2. The summed E-state index contributed by atoms with van der Waals surface area (Å²) >= 11 is 5.93. The van der Waals surface area contributed by atoms with Crippen LogP contribution in [-0.2, 0) is 6.54 Å². The maximum atomic E-state index is 14.3. The number of nitrogens with zero attached hydrogens (tertiary/aromatic N) is 2. The molecule has 2 bridgehead atoms. The lowest BCUT2D eigenvalue weighted by Gasteiger charge is -2.36. The Morgan fingerprint density at radius 1 is 1.04 bits per heavy atom. The van der Waals surface area contributed by atoms with Gasteiger partial charge in [0, 0.05) is 43.3 Å². The molecule has 3 nitrogen and oxygen atoms in total. The quantitative estimate of drug-likeness (QED) is 0.805. The molecular weight excluding hydrogens is 351 g/mol. The molecule has 2 atom stereocenters. The first kappa shape index (κ1) is 17.5. The van der Waals surface area contributed by atoms with E-state index in [1.54, 1.807) is 18.2 Å². The largest absolute Gasteiger partial charge is 0.337 e. The molecule has 0 unspecified atom stereocenters. The zero-order valence-corrected chi connectivity index (χ0v) is 15.3. The molecule has 3 aliphatic heterocycles. The lowest BCUT2D eigenvalue weighted by molar-refractivity contribution is 0.0735. The Kier molecular flexibility index (Phi) is 4.96. The smallest absolute Gasteiger partial charge is 0.253 e. The lowest BCUT2D eigenvalue weighted by Crippen LogP contribution is -2.44. The van der Waals surface area contributed by atoms with Gasteiger partial charge in [0.2, 0.25) is 0 Å². The van der Waals surface area contributed by atoms with E-state index in [1.165, 1.54) is 0 Å². The topological polar surface area (TPSA) is 23.6 Å². The number of fused-ring (bicyclic) bond motifs is 4. The van der Waals surface area contributed by atoms with Crippen LogP contribution < -0.4 is 0 Å². The van der Waals surface area contributed by atoms with Crippen LogP contribution in [0.1, 0.15) is 28.8 Å². The summed E-state index contributed by atoms with van der Waals surface area (Å²) in [4.78, 5) is 17.2. The number of carbonyl (C=O) groups is 1. The molecule has 0 N–H and O–H groups in total. The molecule has 26 heavy (non-hydrogen) atoms. The predicted octanol–water partition coefficient (Wildman–Crippen LogP) is 4.22. The number of rotatable bonds is 3. The normalized spacial score (nSPS) is 23.1. The maximum absolute atomic E-state index is 14.3. The van der Waals surface area contributed by atoms with Crippen LogP contribution in [0.4, 0.5) is 4.39 Å². The second kappa shape index (κ2) is 7.37. The summed E-state index contributed by atoms with van der Waals surface area (Å²) in [6.07, 6.45) is 2.17. The number of piperidine rings is 1. The van der Waals surface area contributed by atoms with Gasteiger partial charge >= 0.3 is 0 Å². The molecule has 3 heterocycles. The van der Waals surface area contributed by atoms with Crippen molar-refractivity contribution in [3.8, 4) is 0 Å². The molecule has 0 radical (unpaired) electrons. The SMILES string of the molecule is O=C(c1ccccc1)N1C[C@@H]2CC[C@H](C1)N(Cc1cccc(Cl)c1F)C2. The summed E-state index contributed by atoms with van der Waals surface area (Å²) in [6.45, 7) is 2.92. The van der Waals surface area contributed by atoms with Gasteiger partial charge in [0.1, 0.15) is 5.82 Å². The zero-order chi connectivity index (χ0) is 18.1. The van der Waals surface area contributed by atoms with Gasteiger partial charge in [-0.1, -0.05) is 41.9 Å². The molecule has 0 aromatic heterocycles. The summed E-state index contributed by atoms with van der Waals surface area (Å²) in [5.41, 5.74) is 1.37. The number of amides is 1. The van der Waals surface area contributed by atoms with Gasteiger partial charge in [-0.25, -0.2) is 4.39 Å². The van der Waals surface area contributed by atoms with Crippen LogP contribution in [0.5, 0.6) is 0 Å². The third-order valence-corrected chi connectivity index (χ3v) is 5.83. The summed E-state index contributed by atoms with van der Waals surface area (Å²) < 4.78 is 14.3. The molecule has 1 amide bonds. The van der Waals surface area contributed by atoms with Gasteiger partial charge < -0.3 is 4.90 Å². The second-order valence-corrected chi connectivity index (χ2v) is 7.72. The first-order valence-corrected chi connectivity index (χ1v) is 9.51. The lowest BCUT2D eigenvalue weighted by atomic mass is 9.94. The molecule has 5 rings (SSSR count). The highest BCUT2D eigenvalue weighted by atomic mass is 35.5. The number of hydrogen-bond donors (Lipinski definition) is 0. The standard InChI is InChI=1S/C21H22ClFN2O/c22-19-8-4-7-17(20(19)23)13-24-11-15-9-10-18(24)14-25(12-15)21(26)16-5-2-1-3-6-16/h1-8,15,18H,9-14H2/t15-,18-/m1/s1. The van der Waals surface area contributed by atoms with Crippen molar-refractivity contribution in [2.24, 2.45) is 5.92 Å². The Hall–Kier alpha value is -1.91. The first-order chi connectivity index (χ1) is 12.6. The van der Waals surface area contributed by atoms with Gasteiger partial charge in [0.15, 0.2) is 0 Å². The van der Waals surface area contributed by atoms with Crippen LogP contribution in [0.2, 0.25) is 5.02 Å². The van der Waals surface area contributed by atoms with Gasteiger partial charge in [0.25, 0.3) is 5.91 Å². The highest BCUT2D eigenvalue weighted by Gasteiger charge is 2.36. The van der Waals surface area contributed by atoms with Gasteiger partial charge in [-0.15, -0.1) is 0 Å². The highest BCUT2D eigenvalue weighted by molar-refractivity contribution is 6.30. The molecule has 0 aliphatic carbocycles. The van der Waals surface area contributed by atoms with Crippen molar-refractivity contribution < 1.29 is 9.18 Å². The second-order valence-electron chi connectivity index (χ2n) is 7.32. The Morgan fingerprint density at radius 2 is 1.85 bits per heavy atom. The van der Waals surface area contributed by atoms with Crippen LogP contribution in [0.15, 0.2) is 48.5 Å². The van der Waals surface area contributed by atoms with E-state index < -0.39 is 0 Å². The molecule has 3 aliphatic rings. The number of halogens is 2. The van der Waals surface area contributed by atoms with E-state index in [4.69, 9.17) is 11.6 Å². The van der Waals surface area contributed by atoms with Crippen LogP contribution in [0, 0.1) is 11.7 Å².